The molecule has 0 bridgehead atoms. The highest BCUT2D eigenvalue weighted by atomic mass is 32.2. The molecule has 4 heteroatoms. The van der Waals surface area contributed by atoms with Crippen molar-refractivity contribution in [1.82, 2.24) is 0 Å². The Hall–Kier alpha value is -1.94. The van der Waals surface area contributed by atoms with E-state index >= 15 is 0 Å². The van der Waals surface area contributed by atoms with Gasteiger partial charge in [0.15, 0.2) is 0 Å². The molecule has 19 heavy (non-hydrogen) atoms. The molecular formula is C15H14O3S. The van der Waals surface area contributed by atoms with Gasteiger partial charge in [-0.3, -0.25) is 0 Å². The maximum absolute atomic E-state index is 11.0. The lowest BCUT2D eigenvalue weighted by Crippen LogP contribution is -1.96. The number of aromatic carboxylic acids is 1. The minimum Gasteiger partial charge on any atom is -0.508 e. The van der Waals surface area contributed by atoms with Gasteiger partial charge in [-0.15, -0.1) is 11.8 Å². The Kier molecular flexibility index (Phi) is 4.12. The SMILES string of the molecule is CCSc1ccc(-c2cc(O)cc(C(=O)O)c2)cc1. The number of phenols is 1. The summed E-state index contributed by atoms with van der Waals surface area (Å²) >= 11 is 1.75. The van der Waals surface area contributed by atoms with E-state index in [1.54, 1.807) is 23.9 Å². The van der Waals surface area contributed by atoms with Gasteiger partial charge in [0.25, 0.3) is 0 Å². The van der Waals surface area contributed by atoms with Crippen molar-refractivity contribution in [2.45, 2.75) is 11.8 Å². The van der Waals surface area contributed by atoms with Crippen molar-refractivity contribution in [2.24, 2.45) is 0 Å². The topological polar surface area (TPSA) is 57.5 Å². The maximum Gasteiger partial charge on any atom is 0.335 e. The Labute approximate surface area is 115 Å². The lowest BCUT2D eigenvalue weighted by Gasteiger charge is -2.06. The molecular weight excluding hydrogens is 260 g/mol. The Balaban J connectivity index is 2.38. The molecule has 0 aromatic heterocycles. The Bertz CT molecular complexity index is 591. The van der Waals surface area contributed by atoms with Crippen molar-refractivity contribution >= 4 is 17.7 Å². The zero-order chi connectivity index (χ0) is 13.8. The molecule has 0 amide bonds. The molecule has 0 aliphatic carbocycles. The van der Waals surface area contributed by atoms with Crippen LogP contribution in [0.5, 0.6) is 5.75 Å². The van der Waals surface area contributed by atoms with Crippen molar-refractivity contribution in [3.63, 3.8) is 0 Å². The molecule has 2 aromatic rings. The summed E-state index contributed by atoms with van der Waals surface area (Å²) in [5.41, 5.74) is 1.67. The summed E-state index contributed by atoms with van der Waals surface area (Å²) in [6.45, 7) is 2.09. The fraction of sp³-hybridized carbons (Fsp3) is 0.133. The van der Waals surface area contributed by atoms with E-state index in [9.17, 15) is 9.90 Å². The number of benzene rings is 2. The van der Waals surface area contributed by atoms with Crippen LogP contribution in [-0.2, 0) is 0 Å². The first-order valence-electron chi connectivity index (χ1n) is 5.90. The molecule has 0 saturated heterocycles. The number of thioether (sulfide) groups is 1. The standard InChI is InChI=1S/C15H14O3S/c1-2-19-14-5-3-10(4-6-14)11-7-12(15(17)18)9-13(16)8-11/h3-9,16H,2H2,1H3,(H,17,18). The normalized spacial score (nSPS) is 10.4. The van der Waals surface area contributed by atoms with Gasteiger partial charge in [-0.1, -0.05) is 19.1 Å². The molecule has 0 aliphatic heterocycles. The second-order valence-corrected chi connectivity index (χ2v) is 5.37. The number of carboxylic acid groups (broad SMARTS) is 1. The molecule has 0 aliphatic rings. The Morgan fingerprint density at radius 2 is 1.79 bits per heavy atom. The first kappa shape index (κ1) is 13.5. The van der Waals surface area contributed by atoms with Crippen LogP contribution in [0.4, 0.5) is 0 Å². The molecule has 0 unspecified atom stereocenters. The van der Waals surface area contributed by atoms with Crippen LogP contribution in [0.2, 0.25) is 0 Å². The van der Waals surface area contributed by atoms with Crippen molar-refractivity contribution in [1.29, 1.82) is 0 Å². The van der Waals surface area contributed by atoms with E-state index in [0.29, 0.717) is 5.56 Å². The van der Waals surface area contributed by atoms with Gasteiger partial charge in [-0.25, -0.2) is 4.79 Å². The third kappa shape index (κ3) is 3.29. The Morgan fingerprint density at radius 1 is 1.11 bits per heavy atom. The molecule has 2 aromatic carbocycles. The summed E-state index contributed by atoms with van der Waals surface area (Å²) in [5.74, 6) is -0.0773. The lowest BCUT2D eigenvalue weighted by atomic mass is 10.0. The highest BCUT2D eigenvalue weighted by Crippen LogP contribution is 2.27. The molecule has 0 radical (unpaired) electrons. The molecule has 98 valence electrons. The Morgan fingerprint density at radius 3 is 2.37 bits per heavy atom. The van der Waals surface area contributed by atoms with Gasteiger partial charge in [-0.05, 0) is 47.2 Å². The maximum atomic E-state index is 11.0. The summed E-state index contributed by atoms with van der Waals surface area (Å²) in [7, 11) is 0. The number of aromatic hydroxyl groups is 1. The number of carbonyl (C=O) groups is 1. The van der Waals surface area contributed by atoms with Gasteiger partial charge in [0.1, 0.15) is 5.75 Å². The minimum atomic E-state index is -1.05. The van der Waals surface area contributed by atoms with E-state index in [1.165, 1.54) is 11.0 Å². The van der Waals surface area contributed by atoms with E-state index in [0.717, 1.165) is 11.3 Å². The van der Waals surface area contributed by atoms with Gasteiger partial charge in [0.2, 0.25) is 0 Å². The first-order valence-corrected chi connectivity index (χ1v) is 6.89. The van der Waals surface area contributed by atoms with Crippen molar-refractivity contribution in [3.05, 3.63) is 48.0 Å². The van der Waals surface area contributed by atoms with Crippen LogP contribution in [0.25, 0.3) is 11.1 Å². The van der Waals surface area contributed by atoms with Crippen LogP contribution in [0.15, 0.2) is 47.4 Å². The monoisotopic (exact) mass is 274 g/mol. The van der Waals surface area contributed by atoms with E-state index in [4.69, 9.17) is 5.11 Å². The third-order valence-electron chi connectivity index (χ3n) is 2.66. The van der Waals surface area contributed by atoms with E-state index in [-0.39, 0.29) is 11.3 Å². The number of rotatable bonds is 4. The van der Waals surface area contributed by atoms with Crippen molar-refractivity contribution in [2.75, 3.05) is 5.75 Å². The van der Waals surface area contributed by atoms with Gasteiger partial charge in [0.05, 0.1) is 5.56 Å². The fourth-order valence-corrected chi connectivity index (χ4v) is 2.47. The average molecular weight is 274 g/mol. The molecule has 0 fully saturated rings. The lowest BCUT2D eigenvalue weighted by molar-refractivity contribution is 0.0696. The highest BCUT2D eigenvalue weighted by molar-refractivity contribution is 7.99. The fourth-order valence-electron chi connectivity index (χ4n) is 1.81. The predicted octanol–water partition coefficient (Wildman–Crippen LogP) is 3.87. The number of carboxylic acids is 1. The first-order chi connectivity index (χ1) is 9.10. The smallest absolute Gasteiger partial charge is 0.335 e. The molecule has 2 rings (SSSR count). The van der Waals surface area contributed by atoms with Gasteiger partial charge >= 0.3 is 5.97 Å². The van der Waals surface area contributed by atoms with Crippen molar-refractivity contribution in [3.8, 4) is 16.9 Å². The summed E-state index contributed by atoms with van der Waals surface area (Å²) in [6, 6.07) is 12.2. The quantitative estimate of drug-likeness (QED) is 0.831. The molecule has 0 saturated carbocycles. The minimum absolute atomic E-state index is 0.0399. The zero-order valence-corrected chi connectivity index (χ0v) is 11.3. The largest absolute Gasteiger partial charge is 0.508 e. The van der Waals surface area contributed by atoms with Crippen LogP contribution in [-0.4, -0.2) is 21.9 Å². The zero-order valence-electron chi connectivity index (χ0n) is 10.5. The van der Waals surface area contributed by atoms with Crippen LogP contribution in [0.3, 0.4) is 0 Å². The van der Waals surface area contributed by atoms with Gasteiger partial charge in [-0.2, -0.15) is 0 Å². The molecule has 2 N–H and O–H groups in total. The average Bonchev–Trinajstić information content (AvgIpc) is 2.39. The molecule has 0 heterocycles. The second kappa shape index (κ2) is 5.80. The highest BCUT2D eigenvalue weighted by Gasteiger charge is 2.08. The van der Waals surface area contributed by atoms with Crippen LogP contribution in [0.1, 0.15) is 17.3 Å². The van der Waals surface area contributed by atoms with Crippen LogP contribution in [0, 0.1) is 0 Å². The van der Waals surface area contributed by atoms with Crippen LogP contribution < -0.4 is 0 Å². The third-order valence-corrected chi connectivity index (χ3v) is 3.56. The summed E-state index contributed by atoms with van der Waals surface area (Å²) in [6.07, 6.45) is 0. The molecule has 0 atom stereocenters. The number of phenolic OH excluding ortho intramolecular Hbond substituents is 1. The molecule has 3 nitrogen and oxygen atoms in total. The number of hydrogen-bond donors (Lipinski definition) is 2. The summed E-state index contributed by atoms with van der Waals surface area (Å²) in [4.78, 5) is 12.1. The van der Waals surface area contributed by atoms with Gasteiger partial charge < -0.3 is 10.2 Å². The van der Waals surface area contributed by atoms with E-state index in [1.807, 2.05) is 24.3 Å². The second-order valence-electron chi connectivity index (χ2n) is 4.03. The van der Waals surface area contributed by atoms with Gasteiger partial charge in [0, 0.05) is 4.90 Å². The summed E-state index contributed by atoms with van der Waals surface area (Å²) < 4.78 is 0. The number of hydrogen-bond acceptors (Lipinski definition) is 3. The summed E-state index contributed by atoms with van der Waals surface area (Å²) in [5, 5.41) is 18.6. The molecule has 0 spiro atoms. The van der Waals surface area contributed by atoms with Crippen molar-refractivity contribution < 1.29 is 15.0 Å². The predicted molar refractivity (Wildman–Crippen MR) is 76.9 cm³/mol. The van der Waals surface area contributed by atoms with E-state index in [2.05, 4.69) is 6.92 Å². The van der Waals surface area contributed by atoms with E-state index < -0.39 is 5.97 Å². The van der Waals surface area contributed by atoms with Crippen LogP contribution >= 0.6 is 11.8 Å².